The van der Waals surface area contributed by atoms with Crippen molar-refractivity contribution in [1.82, 2.24) is 5.32 Å². The summed E-state index contributed by atoms with van der Waals surface area (Å²) >= 11 is 0. The number of esters is 1. The van der Waals surface area contributed by atoms with Gasteiger partial charge in [0.15, 0.2) is 0 Å². The van der Waals surface area contributed by atoms with E-state index in [0.29, 0.717) is 5.56 Å². The standard InChI is InChI=1S/C12H14F3NO3/c1-2-19-11(18)10(16-7-12(13,14)15)8-3-5-9(17)6-4-8/h3-6,10,16-17H,2,7H2,1H3. The monoisotopic (exact) mass is 277 g/mol. The first-order valence-electron chi connectivity index (χ1n) is 5.59. The molecule has 0 heterocycles. The molecule has 0 fully saturated rings. The SMILES string of the molecule is CCOC(=O)C(NCC(F)(F)F)c1ccc(O)cc1. The van der Waals surface area contributed by atoms with Crippen LogP contribution in [0.1, 0.15) is 18.5 Å². The quantitative estimate of drug-likeness (QED) is 0.810. The van der Waals surface area contributed by atoms with Crippen molar-refractivity contribution in [3.8, 4) is 5.75 Å². The van der Waals surface area contributed by atoms with Crippen molar-refractivity contribution in [2.75, 3.05) is 13.2 Å². The molecule has 1 unspecified atom stereocenters. The molecule has 0 aliphatic rings. The zero-order valence-electron chi connectivity index (χ0n) is 10.2. The van der Waals surface area contributed by atoms with Crippen molar-refractivity contribution in [3.63, 3.8) is 0 Å². The van der Waals surface area contributed by atoms with E-state index in [9.17, 15) is 18.0 Å². The average Bonchev–Trinajstić information content (AvgIpc) is 2.30. The van der Waals surface area contributed by atoms with Gasteiger partial charge in [-0.15, -0.1) is 0 Å². The van der Waals surface area contributed by atoms with Crippen LogP contribution < -0.4 is 5.32 Å². The van der Waals surface area contributed by atoms with E-state index in [1.807, 2.05) is 0 Å². The van der Waals surface area contributed by atoms with Gasteiger partial charge >= 0.3 is 12.1 Å². The van der Waals surface area contributed by atoms with E-state index in [0.717, 1.165) is 0 Å². The molecule has 0 radical (unpaired) electrons. The highest BCUT2D eigenvalue weighted by Crippen LogP contribution is 2.20. The van der Waals surface area contributed by atoms with Gasteiger partial charge in [-0.25, -0.2) is 4.79 Å². The van der Waals surface area contributed by atoms with Crippen LogP contribution in [0.15, 0.2) is 24.3 Å². The number of benzene rings is 1. The lowest BCUT2D eigenvalue weighted by molar-refractivity contribution is -0.149. The van der Waals surface area contributed by atoms with Gasteiger partial charge in [0, 0.05) is 0 Å². The topological polar surface area (TPSA) is 58.6 Å². The summed E-state index contributed by atoms with van der Waals surface area (Å²) in [5.41, 5.74) is 0.292. The molecule has 0 bridgehead atoms. The Morgan fingerprint density at radius 1 is 1.37 bits per heavy atom. The maximum Gasteiger partial charge on any atom is 0.401 e. The fourth-order valence-electron chi connectivity index (χ4n) is 1.45. The molecular weight excluding hydrogens is 263 g/mol. The first kappa shape index (κ1) is 15.3. The fourth-order valence-corrected chi connectivity index (χ4v) is 1.45. The number of carbonyl (C=O) groups excluding carboxylic acids is 1. The summed E-state index contributed by atoms with van der Waals surface area (Å²) in [6, 6.07) is 4.08. The van der Waals surface area contributed by atoms with Gasteiger partial charge in [0.1, 0.15) is 11.8 Å². The number of ether oxygens (including phenoxy) is 1. The number of aromatic hydroxyl groups is 1. The van der Waals surface area contributed by atoms with Crippen LogP contribution in [0, 0.1) is 0 Å². The molecule has 0 aliphatic heterocycles. The van der Waals surface area contributed by atoms with E-state index in [2.05, 4.69) is 5.32 Å². The highest BCUT2D eigenvalue weighted by atomic mass is 19.4. The van der Waals surface area contributed by atoms with Gasteiger partial charge in [0.2, 0.25) is 0 Å². The largest absolute Gasteiger partial charge is 0.508 e. The number of carbonyl (C=O) groups is 1. The van der Waals surface area contributed by atoms with Gasteiger partial charge in [-0.2, -0.15) is 13.2 Å². The number of alkyl halides is 3. The van der Waals surface area contributed by atoms with Crippen LogP contribution in [0.5, 0.6) is 5.75 Å². The summed E-state index contributed by atoms with van der Waals surface area (Å²) < 4.78 is 41.3. The third kappa shape index (κ3) is 5.17. The van der Waals surface area contributed by atoms with Gasteiger partial charge < -0.3 is 9.84 Å². The Morgan fingerprint density at radius 3 is 2.42 bits per heavy atom. The molecule has 0 amide bonds. The maximum absolute atomic E-state index is 12.2. The van der Waals surface area contributed by atoms with Gasteiger partial charge in [-0.3, -0.25) is 5.32 Å². The summed E-state index contributed by atoms with van der Waals surface area (Å²) in [6.07, 6.45) is -4.43. The Labute approximate surface area is 108 Å². The molecule has 7 heteroatoms. The smallest absolute Gasteiger partial charge is 0.401 e. The van der Waals surface area contributed by atoms with Crippen LogP contribution in [-0.2, 0) is 9.53 Å². The number of phenolic OH excluding ortho intramolecular Hbond substituents is 1. The van der Waals surface area contributed by atoms with E-state index in [-0.39, 0.29) is 12.4 Å². The molecule has 1 aromatic carbocycles. The number of rotatable bonds is 5. The molecule has 0 saturated heterocycles. The minimum absolute atomic E-state index is 0.0396. The summed E-state index contributed by atoms with van der Waals surface area (Å²) in [6.45, 7) is 0.327. The average molecular weight is 277 g/mol. The van der Waals surface area contributed by atoms with Crippen LogP contribution in [0.3, 0.4) is 0 Å². The second-order valence-electron chi connectivity index (χ2n) is 3.77. The second-order valence-corrected chi connectivity index (χ2v) is 3.77. The highest BCUT2D eigenvalue weighted by Gasteiger charge is 2.31. The van der Waals surface area contributed by atoms with Crippen LogP contribution in [0.25, 0.3) is 0 Å². The minimum atomic E-state index is -4.43. The third-order valence-corrected chi connectivity index (χ3v) is 2.26. The molecule has 0 aliphatic carbocycles. The lowest BCUT2D eigenvalue weighted by Crippen LogP contribution is -2.36. The van der Waals surface area contributed by atoms with Crippen molar-refractivity contribution in [1.29, 1.82) is 0 Å². The zero-order valence-corrected chi connectivity index (χ0v) is 10.2. The molecule has 106 valence electrons. The summed E-state index contributed by atoms with van der Waals surface area (Å²) in [5, 5.41) is 11.2. The summed E-state index contributed by atoms with van der Waals surface area (Å²) in [5.74, 6) is -0.834. The van der Waals surface area contributed by atoms with E-state index < -0.39 is 24.7 Å². The molecule has 19 heavy (non-hydrogen) atoms. The molecule has 0 saturated carbocycles. The Morgan fingerprint density at radius 2 is 1.95 bits per heavy atom. The number of hydrogen-bond acceptors (Lipinski definition) is 4. The fraction of sp³-hybridized carbons (Fsp3) is 0.417. The van der Waals surface area contributed by atoms with Gasteiger partial charge in [0.25, 0.3) is 0 Å². The van der Waals surface area contributed by atoms with E-state index in [4.69, 9.17) is 9.84 Å². The van der Waals surface area contributed by atoms with Crippen molar-refractivity contribution in [2.45, 2.75) is 19.1 Å². The lowest BCUT2D eigenvalue weighted by Gasteiger charge is -2.18. The van der Waals surface area contributed by atoms with E-state index >= 15 is 0 Å². The molecule has 1 rings (SSSR count). The Balaban J connectivity index is 2.85. The molecule has 1 aromatic rings. The number of nitrogens with one attached hydrogen (secondary N) is 1. The summed E-state index contributed by atoms with van der Waals surface area (Å²) in [4.78, 5) is 11.6. The van der Waals surface area contributed by atoms with Crippen molar-refractivity contribution in [2.24, 2.45) is 0 Å². The molecule has 0 aromatic heterocycles. The maximum atomic E-state index is 12.2. The van der Waals surface area contributed by atoms with Crippen LogP contribution in [0.4, 0.5) is 13.2 Å². The van der Waals surface area contributed by atoms with Crippen LogP contribution in [-0.4, -0.2) is 30.4 Å². The number of halogens is 3. The van der Waals surface area contributed by atoms with E-state index in [1.54, 1.807) is 6.92 Å². The Hall–Kier alpha value is -1.76. The molecule has 0 spiro atoms. The first-order valence-corrected chi connectivity index (χ1v) is 5.59. The molecule has 2 N–H and O–H groups in total. The zero-order chi connectivity index (χ0) is 14.5. The molecular formula is C12H14F3NO3. The molecule has 4 nitrogen and oxygen atoms in total. The first-order chi connectivity index (χ1) is 8.83. The van der Waals surface area contributed by atoms with Crippen molar-refractivity contribution in [3.05, 3.63) is 29.8 Å². The van der Waals surface area contributed by atoms with Gasteiger partial charge in [-0.05, 0) is 24.6 Å². The molecule has 1 atom stereocenters. The van der Waals surface area contributed by atoms with E-state index in [1.165, 1.54) is 24.3 Å². The van der Waals surface area contributed by atoms with Crippen molar-refractivity contribution < 1.29 is 27.8 Å². The summed E-state index contributed by atoms with van der Waals surface area (Å²) in [7, 11) is 0. The van der Waals surface area contributed by atoms with Crippen molar-refractivity contribution >= 4 is 5.97 Å². The lowest BCUT2D eigenvalue weighted by atomic mass is 10.1. The minimum Gasteiger partial charge on any atom is -0.508 e. The Kier molecular flexibility index (Phi) is 5.17. The van der Waals surface area contributed by atoms with Crippen LogP contribution in [0.2, 0.25) is 0 Å². The van der Waals surface area contributed by atoms with Crippen LogP contribution >= 0.6 is 0 Å². The predicted octanol–water partition coefficient (Wildman–Crippen LogP) is 2.15. The van der Waals surface area contributed by atoms with Gasteiger partial charge in [0.05, 0.1) is 13.2 Å². The number of hydrogen-bond donors (Lipinski definition) is 2. The third-order valence-electron chi connectivity index (χ3n) is 2.26. The highest BCUT2D eigenvalue weighted by molar-refractivity contribution is 5.77. The predicted molar refractivity (Wildman–Crippen MR) is 61.5 cm³/mol. The Bertz CT molecular complexity index is 417. The number of phenols is 1. The second kappa shape index (κ2) is 6.42. The normalized spacial score (nSPS) is 13.1. The van der Waals surface area contributed by atoms with Gasteiger partial charge in [-0.1, -0.05) is 12.1 Å².